The molecule has 1 heterocycles. The summed E-state index contributed by atoms with van der Waals surface area (Å²) in [5.41, 5.74) is 3.62. The van der Waals surface area contributed by atoms with E-state index in [-0.39, 0.29) is 12.5 Å². The fraction of sp³-hybridized carbons (Fsp3) is 0.304. The third-order valence-electron chi connectivity index (χ3n) is 4.82. The monoisotopic (exact) mass is 436 g/mol. The van der Waals surface area contributed by atoms with Crippen LogP contribution in [-0.4, -0.2) is 62.9 Å². The molecule has 0 aliphatic carbocycles. The predicted molar refractivity (Wildman–Crippen MR) is 116 cm³/mol. The molecular formula is C23H24N4O5. The van der Waals surface area contributed by atoms with Crippen LogP contribution in [0.3, 0.4) is 0 Å². The minimum Gasteiger partial charge on any atom is -0.493 e. The van der Waals surface area contributed by atoms with E-state index in [1.807, 2.05) is 12.1 Å². The van der Waals surface area contributed by atoms with Gasteiger partial charge < -0.3 is 19.1 Å². The maximum atomic E-state index is 12.3. The van der Waals surface area contributed by atoms with Gasteiger partial charge in [-0.2, -0.15) is 10.4 Å². The smallest absolute Gasteiger partial charge is 0.261 e. The maximum absolute atomic E-state index is 12.3. The van der Waals surface area contributed by atoms with Crippen LogP contribution in [0.15, 0.2) is 53.6 Å². The van der Waals surface area contributed by atoms with Crippen LogP contribution in [0.25, 0.3) is 0 Å². The summed E-state index contributed by atoms with van der Waals surface area (Å²) in [6, 6.07) is 15.8. The van der Waals surface area contributed by atoms with Crippen LogP contribution in [0.1, 0.15) is 17.0 Å². The molecule has 2 aromatic carbocycles. The summed E-state index contributed by atoms with van der Waals surface area (Å²) in [5.74, 6) is -0.751. The Hall–Kier alpha value is -3.90. The van der Waals surface area contributed by atoms with E-state index in [1.165, 1.54) is 13.3 Å². The molecule has 1 N–H and O–H groups in total. The van der Waals surface area contributed by atoms with Gasteiger partial charge in [0.2, 0.25) is 0 Å². The van der Waals surface area contributed by atoms with Crippen LogP contribution in [0.2, 0.25) is 0 Å². The number of nitrogens with one attached hydrogen (secondary N) is 1. The van der Waals surface area contributed by atoms with Crippen LogP contribution >= 0.6 is 0 Å². The maximum Gasteiger partial charge on any atom is 0.261 e. The molecule has 3 rings (SSSR count). The molecule has 1 aliphatic heterocycles. The highest BCUT2D eigenvalue weighted by Gasteiger charge is 2.20. The Morgan fingerprint density at radius 2 is 1.97 bits per heavy atom. The lowest BCUT2D eigenvalue weighted by molar-refractivity contribution is -0.137. The molecule has 2 aromatic rings. The van der Waals surface area contributed by atoms with Gasteiger partial charge in [-0.25, -0.2) is 5.43 Å². The van der Waals surface area contributed by atoms with Gasteiger partial charge in [-0.1, -0.05) is 30.3 Å². The second-order valence-electron chi connectivity index (χ2n) is 6.90. The largest absolute Gasteiger partial charge is 0.493 e. The van der Waals surface area contributed by atoms with Crippen molar-refractivity contribution >= 4 is 18.0 Å². The molecule has 1 fully saturated rings. The van der Waals surface area contributed by atoms with Gasteiger partial charge in [-0.3, -0.25) is 9.59 Å². The highest BCUT2D eigenvalue weighted by molar-refractivity contribution is 5.88. The van der Waals surface area contributed by atoms with Gasteiger partial charge >= 0.3 is 0 Å². The standard InChI is InChI=1S/C23H24N4O5/c1-30-21-13-17(7-8-20(21)32-16-22(28)27-9-11-31-12-10-27)15-25-26-23(29)19(14-24)18-5-3-2-4-6-18/h2-8,13,15,19H,9-12,16H2,1H3,(H,26,29)/b25-15-/t19-/m1/s1. The van der Waals surface area contributed by atoms with E-state index >= 15 is 0 Å². The second kappa shape index (κ2) is 11.5. The van der Waals surface area contributed by atoms with Gasteiger partial charge in [0.25, 0.3) is 11.8 Å². The van der Waals surface area contributed by atoms with E-state index in [4.69, 9.17) is 14.2 Å². The van der Waals surface area contributed by atoms with Crippen molar-refractivity contribution in [3.8, 4) is 17.6 Å². The Morgan fingerprint density at radius 1 is 1.22 bits per heavy atom. The highest BCUT2D eigenvalue weighted by Crippen LogP contribution is 2.27. The zero-order valence-corrected chi connectivity index (χ0v) is 17.7. The number of hydrogen-bond acceptors (Lipinski definition) is 7. The molecule has 2 amide bonds. The Bertz CT molecular complexity index is 997. The predicted octanol–water partition coefficient (Wildman–Crippen LogP) is 1.69. The van der Waals surface area contributed by atoms with Gasteiger partial charge in [0.05, 0.1) is 32.6 Å². The van der Waals surface area contributed by atoms with E-state index in [0.29, 0.717) is 48.9 Å². The number of methoxy groups -OCH3 is 1. The van der Waals surface area contributed by atoms with Crippen molar-refractivity contribution in [2.45, 2.75) is 5.92 Å². The molecule has 0 spiro atoms. The Morgan fingerprint density at radius 3 is 2.66 bits per heavy atom. The summed E-state index contributed by atoms with van der Waals surface area (Å²) in [4.78, 5) is 26.2. The lowest BCUT2D eigenvalue weighted by Crippen LogP contribution is -2.43. The molecule has 0 saturated carbocycles. The van der Waals surface area contributed by atoms with Gasteiger partial charge in [-0.05, 0) is 29.3 Å². The number of nitrogens with zero attached hydrogens (tertiary/aromatic N) is 3. The van der Waals surface area contributed by atoms with Crippen LogP contribution < -0.4 is 14.9 Å². The summed E-state index contributed by atoms with van der Waals surface area (Å²) in [6.07, 6.45) is 1.43. The van der Waals surface area contributed by atoms with Crippen molar-refractivity contribution < 1.29 is 23.8 Å². The van der Waals surface area contributed by atoms with Gasteiger partial charge in [0, 0.05) is 13.1 Å². The average molecular weight is 436 g/mol. The van der Waals surface area contributed by atoms with E-state index in [0.717, 1.165) is 0 Å². The number of nitriles is 1. The first kappa shape index (κ1) is 22.8. The number of carbonyl (C=O) groups is 2. The summed E-state index contributed by atoms with van der Waals surface area (Å²) in [5, 5.41) is 13.2. The molecular weight excluding hydrogens is 412 g/mol. The molecule has 9 nitrogen and oxygen atoms in total. The third-order valence-corrected chi connectivity index (χ3v) is 4.82. The Balaban J connectivity index is 1.57. The van der Waals surface area contributed by atoms with Crippen molar-refractivity contribution in [3.05, 3.63) is 59.7 Å². The topological polar surface area (TPSA) is 113 Å². The number of morpholine rings is 1. The first-order valence-electron chi connectivity index (χ1n) is 10.1. The molecule has 1 atom stereocenters. The summed E-state index contributed by atoms with van der Waals surface area (Å²) in [7, 11) is 1.49. The van der Waals surface area contributed by atoms with Crippen molar-refractivity contribution in [3.63, 3.8) is 0 Å². The quantitative estimate of drug-likeness (QED) is 0.498. The normalized spacial score (nSPS) is 14.4. The summed E-state index contributed by atoms with van der Waals surface area (Å²) < 4.78 is 16.2. The number of ether oxygens (including phenoxy) is 3. The average Bonchev–Trinajstić information content (AvgIpc) is 2.84. The first-order valence-corrected chi connectivity index (χ1v) is 10.1. The lowest BCUT2D eigenvalue weighted by atomic mass is 10.0. The number of hydrazone groups is 1. The number of amides is 2. The van der Waals surface area contributed by atoms with Crippen molar-refractivity contribution in [1.82, 2.24) is 10.3 Å². The summed E-state index contributed by atoms with van der Waals surface area (Å²) >= 11 is 0. The van der Waals surface area contributed by atoms with E-state index < -0.39 is 11.8 Å². The highest BCUT2D eigenvalue weighted by atomic mass is 16.5. The van der Waals surface area contributed by atoms with E-state index in [9.17, 15) is 14.9 Å². The van der Waals surface area contributed by atoms with E-state index in [1.54, 1.807) is 47.4 Å². The van der Waals surface area contributed by atoms with Crippen LogP contribution in [0.5, 0.6) is 11.5 Å². The lowest BCUT2D eigenvalue weighted by Gasteiger charge is -2.26. The second-order valence-corrected chi connectivity index (χ2v) is 6.90. The molecule has 1 aliphatic rings. The molecule has 0 unspecified atom stereocenters. The Labute approximate surface area is 186 Å². The first-order chi connectivity index (χ1) is 15.6. The van der Waals surface area contributed by atoms with Crippen LogP contribution in [-0.2, 0) is 14.3 Å². The van der Waals surface area contributed by atoms with E-state index in [2.05, 4.69) is 10.5 Å². The van der Waals surface area contributed by atoms with Gasteiger partial charge in [0.1, 0.15) is 0 Å². The number of hydrogen-bond donors (Lipinski definition) is 1. The fourth-order valence-corrected chi connectivity index (χ4v) is 3.09. The van der Waals surface area contributed by atoms with Gasteiger partial charge in [0.15, 0.2) is 24.0 Å². The zero-order valence-electron chi connectivity index (χ0n) is 17.7. The van der Waals surface area contributed by atoms with Crippen molar-refractivity contribution in [2.75, 3.05) is 40.0 Å². The molecule has 0 radical (unpaired) electrons. The third kappa shape index (κ3) is 6.06. The zero-order chi connectivity index (χ0) is 22.8. The SMILES string of the molecule is COc1cc(/C=N\NC(=O)[C@H](C#N)c2ccccc2)ccc1OCC(=O)N1CCOCC1. The molecule has 166 valence electrons. The van der Waals surface area contributed by atoms with Crippen LogP contribution in [0.4, 0.5) is 0 Å². The van der Waals surface area contributed by atoms with Crippen LogP contribution in [0, 0.1) is 11.3 Å². The molecule has 0 bridgehead atoms. The number of rotatable bonds is 8. The molecule has 9 heteroatoms. The summed E-state index contributed by atoms with van der Waals surface area (Å²) in [6.45, 7) is 2.06. The minimum atomic E-state index is -0.956. The van der Waals surface area contributed by atoms with Crippen molar-refractivity contribution in [1.29, 1.82) is 5.26 Å². The van der Waals surface area contributed by atoms with Gasteiger partial charge in [-0.15, -0.1) is 0 Å². The Kier molecular flexibility index (Phi) is 8.17. The minimum absolute atomic E-state index is 0.102. The van der Waals surface area contributed by atoms with Crippen molar-refractivity contribution in [2.24, 2.45) is 5.10 Å². The molecule has 32 heavy (non-hydrogen) atoms. The number of carbonyl (C=O) groups excluding carboxylic acids is 2. The fourth-order valence-electron chi connectivity index (χ4n) is 3.09. The molecule has 1 saturated heterocycles. The number of benzene rings is 2. The molecule has 0 aromatic heterocycles.